The molecule has 2 heterocycles. The van der Waals surface area contributed by atoms with E-state index >= 15 is 0 Å². The van der Waals surface area contributed by atoms with Crippen molar-refractivity contribution in [3.63, 3.8) is 0 Å². The second kappa shape index (κ2) is 5.16. The lowest BCUT2D eigenvalue weighted by molar-refractivity contribution is 0.103. The van der Waals surface area contributed by atoms with Crippen LogP contribution in [0.5, 0.6) is 0 Å². The van der Waals surface area contributed by atoms with Crippen LogP contribution in [0.1, 0.15) is 21.5 Å². The lowest BCUT2D eigenvalue weighted by Crippen LogP contribution is -2.14. The van der Waals surface area contributed by atoms with Crippen LogP contribution in [0, 0.1) is 12.7 Å². The van der Waals surface area contributed by atoms with Gasteiger partial charge in [0.25, 0.3) is 5.56 Å². The van der Waals surface area contributed by atoms with Crippen molar-refractivity contribution in [1.82, 2.24) is 9.38 Å². The molecule has 2 aromatic carbocycles. The number of H-pyrrole nitrogens is 1. The zero-order chi connectivity index (χ0) is 16.8. The fourth-order valence-electron chi connectivity index (χ4n) is 2.91. The predicted octanol–water partition coefficient (Wildman–Crippen LogP) is 3.46. The van der Waals surface area contributed by atoms with Gasteiger partial charge in [-0.1, -0.05) is 6.07 Å². The number of pyridine rings is 1. The zero-order valence-electron chi connectivity index (χ0n) is 12.8. The van der Waals surface area contributed by atoms with Crippen molar-refractivity contribution in [2.24, 2.45) is 0 Å². The fourth-order valence-corrected chi connectivity index (χ4v) is 2.91. The Morgan fingerprint density at radius 1 is 1.04 bits per heavy atom. The average molecular weight is 320 g/mol. The minimum atomic E-state index is -0.401. The largest absolute Gasteiger partial charge is 0.339 e. The Balaban J connectivity index is 2.01. The topological polar surface area (TPSA) is 54.3 Å². The van der Waals surface area contributed by atoms with E-state index in [9.17, 15) is 14.0 Å². The molecule has 2 aromatic heterocycles. The lowest BCUT2D eigenvalue weighted by Gasteiger charge is -2.03. The molecule has 0 unspecified atom stereocenters. The number of benzene rings is 2. The van der Waals surface area contributed by atoms with Crippen LogP contribution in [0.15, 0.2) is 59.4 Å². The number of aromatic nitrogens is 2. The number of rotatable bonds is 2. The first-order valence-corrected chi connectivity index (χ1v) is 7.49. The predicted molar refractivity (Wildman–Crippen MR) is 90.1 cm³/mol. The summed E-state index contributed by atoms with van der Waals surface area (Å²) in [6, 6.07) is 13.9. The van der Waals surface area contributed by atoms with Gasteiger partial charge in [0.2, 0.25) is 0 Å². The number of aryl methyl sites for hydroxylation is 1. The van der Waals surface area contributed by atoms with E-state index in [-0.39, 0.29) is 11.3 Å². The first-order chi connectivity index (χ1) is 11.5. The quantitative estimate of drug-likeness (QED) is 0.575. The first kappa shape index (κ1) is 14.4. The maximum atomic E-state index is 13.1. The van der Waals surface area contributed by atoms with Crippen molar-refractivity contribution >= 4 is 22.5 Å². The second-order valence-corrected chi connectivity index (χ2v) is 5.75. The Hall–Kier alpha value is -3.21. The smallest absolute Gasteiger partial charge is 0.256 e. The molecule has 0 bridgehead atoms. The van der Waals surface area contributed by atoms with Crippen molar-refractivity contribution < 1.29 is 9.18 Å². The Morgan fingerprint density at radius 2 is 1.79 bits per heavy atom. The van der Waals surface area contributed by atoms with Crippen molar-refractivity contribution in [1.29, 1.82) is 0 Å². The normalized spacial score (nSPS) is 11.2. The van der Waals surface area contributed by atoms with Crippen molar-refractivity contribution in [2.75, 3.05) is 0 Å². The monoisotopic (exact) mass is 320 g/mol. The highest BCUT2D eigenvalue weighted by Crippen LogP contribution is 2.21. The molecule has 4 rings (SSSR count). The summed E-state index contributed by atoms with van der Waals surface area (Å²) in [5, 5.41) is 0. The molecule has 0 atom stereocenters. The number of imidazole rings is 1. The number of halogens is 1. The molecule has 0 amide bonds. The summed E-state index contributed by atoms with van der Waals surface area (Å²) in [7, 11) is 0. The molecule has 0 aliphatic carbocycles. The molecule has 4 aromatic rings. The molecule has 1 N–H and O–H groups in total. The zero-order valence-corrected chi connectivity index (χ0v) is 12.8. The molecule has 0 radical (unpaired) electrons. The van der Waals surface area contributed by atoms with Crippen molar-refractivity contribution in [3.05, 3.63) is 87.5 Å². The molecule has 4 nitrogen and oxygen atoms in total. The highest BCUT2D eigenvalue weighted by Gasteiger charge is 2.17. The van der Waals surface area contributed by atoms with E-state index in [1.54, 1.807) is 0 Å². The van der Waals surface area contributed by atoms with Gasteiger partial charge in [-0.25, -0.2) is 4.39 Å². The number of carbonyl (C=O) groups excluding carboxylic acids is 1. The van der Waals surface area contributed by atoms with Gasteiger partial charge in [0.05, 0.1) is 16.6 Å². The lowest BCUT2D eigenvalue weighted by atomic mass is 10.0. The van der Waals surface area contributed by atoms with E-state index in [1.807, 2.05) is 25.1 Å². The van der Waals surface area contributed by atoms with Crippen LogP contribution in [-0.4, -0.2) is 15.2 Å². The number of nitrogens with zero attached hydrogens (tertiary/aromatic N) is 1. The van der Waals surface area contributed by atoms with Gasteiger partial charge in [-0.2, -0.15) is 0 Å². The minimum absolute atomic E-state index is 0.212. The standard InChI is InChI=1S/C19H13FN2O2/c1-11-2-8-16-15(10-11)21-19-14(7-9-17(23)22(16)19)18(24)12-3-5-13(20)6-4-12/h2-10,21H,1H3. The van der Waals surface area contributed by atoms with Gasteiger partial charge in [0.1, 0.15) is 11.5 Å². The number of fused-ring (bicyclic) bond motifs is 3. The highest BCUT2D eigenvalue weighted by molar-refractivity contribution is 6.13. The van der Waals surface area contributed by atoms with Gasteiger partial charge in [-0.3, -0.25) is 14.0 Å². The molecule has 0 spiro atoms. The van der Waals surface area contributed by atoms with E-state index in [4.69, 9.17) is 0 Å². The van der Waals surface area contributed by atoms with Gasteiger partial charge in [0, 0.05) is 11.6 Å². The number of carbonyl (C=O) groups is 1. The van der Waals surface area contributed by atoms with Crippen LogP contribution in [0.25, 0.3) is 16.7 Å². The van der Waals surface area contributed by atoms with E-state index in [1.165, 1.54) is 40.8 Å². The molecule has 0 saturated carbocycles. The maximum Gasteiger partial charge on any atom is 0.256 e. The highest BCUT2D eigenvalue weighted by atomic mass is 19.1. The average Bonchev–Trinajstić information content (AvgIpc) is 2.94. The summed E-state index contributed by atoms with van der Waals surface area (Å²) in [4.78, 5) is 28.2. The molecule has 0 aliphatic heterocycles. The van der Waals surface area contributed by atoms with E-state index in [0.29, 0.717) is 22.3 Å². The fraction of sp³-hybridized carbons (Fsp3) is 0.0526. The third-order valence-electron chi connectivity index (χ3n) is 4.09. The van der Waals surface area contributed by atoms with Crippen LogP contribution >= 0.6 is 0 Å². The maximum absolute atomic E-state index is 13.1. The Labute approximate surface area is 136 Å². The Morgan fingerprint density at radius 3 is 2.54 bits per heavy atom. The van der Waals surface area contributed by atoms with Gasteiger partial charge in [-0.05, 0) is 55.0 Å². The van der Waals surface area contributed by atoms with Gasteiger partial charge in [-0.15, -0.1) is 0 Å². The Kier molecular flexibility index (Phi) is 3.09. The Bertz CT molecular complexity index is 1150. The summed E-state index contributed by atoms with van der Waals surface area (Å²) < 4.78 is 14.6. The van der Waals surface area contributed by atoms with Gasteiger partial charge < -0.3 is 4.98 Å². The van der Waals surface area contributed by atoms with Gasteiger partial charge >= 0.3 is 0 Å². The van der Waals surface area contributed by atoms with E-state index in [2.05, 4.69) is 4.98 Å². The van der Waals surface area contributed by atoms with Crippen LogP contribution in [0.3, 0.4) is 0 Å². The summed E-state index contributed by atoms with van der Waals surface area (Å²) in [5.41, 5.74) is 3.52. The van der Waals surface area contributed by atoms with Crippen LogP contribution < -0.4 is 5.56 Å². The third kappa shape index (κ3) is 2.13. The molecule has 24 heavy (non-hydrogen) atoms. The summed E-state index contributed by atoms with van der Waals surface area (Å²) >= 11 is 0. The van der Waals surface area contributed by atoms with E-state index < -0.39 is 5.82 Å². The number of aromatic amines is 1. The van der Waals surface area contributed by atoms with Crippen LogP contribution in [0.4, 0.5) is 4.39 Å². The molecule has 0 fully saturated rings. The minimum Gasteiger partial charge on any atom is -0.339 e. The van der Waals surface area contributed by atoms with Crippen LogP contribution in [-0.2, 0) is 0 Å². The van der Waals surface area contributed by atoms with Gasteiger partial charge in [0.15, 0.2) is 5.78 Å². The molecule has 0 aliphatic rings. The van der Waals surface area contributed by atoms with Crippen molar-refractivity contribution in [3.8, 4) is 0 Å². The SMILES string of the molecule is Cc1ccc2c(c1)[nH]c1c(C(=O)c3ccc(F)cc3)ccc(=O)n12. The number of ketones is 1. The summed E-state index contributed by atoms with van der Waals surface area (Å²) in [6.45, 7) is 1.96. The second-order valence-electron chi connectivity index (χ2n) is 5.75. The third-order valence-corrected chi connectivity index (χ3v) is 4.09. The molecule has 5 heteroatoms. The number of hydrogen-bond donors (Lipinski definition) is 1. The number of hydrogen-bond acceptors (Lipinski definition) is 2. The summed E-state index contributed by atoms with van der Waals surface area (Å²) in [6.07, 6.45) is 0. The van der Waals surface area contributed by atoms with Crippen LogP contribution in [0.2, 0.25) is 0 Å². The molecule has 118 valence electrons. The molecular weight excluding hydrogens is 307 g/mol. The van der Waals surface area contributed by atoms with Crippen molar-refractivity contribution in [2.45, 2.75) is 6.92 Å². The molecule has 0 saturated heterocycles. The molecular formula is C19H13FN2O2. The van der Waals surface area contributed by atoms with E-state index in [0.717, 1.165) is 11.1 Å². The first-order valence-electron chi connectivity index (χ1n) is 7.49. The summed E-state index contributed by atoms with van der Waals surface area (Å²) in [5.74, 6) is -0.669. The number of nitrogens with one attached hydrogen (secondary N) is 1.